The zero-order chi connectivity index (χ0) is 16.7. The fraction of sp³-hybridized carbons (Fsp3) is 0.222. The van der Waals surface area contributed by atoms with Gasteiger partial charge in [0.1, 0.15) is 0 Å². The molecule has 0 saturated carbocycles. The van der Waals surface area contributed by atoms with Crippen molar-refractivity contribution in [3.05, 3.63) is 71.8 Å². The summed E-state index contributed by atoms with van der Waals surface area (Å²) in [6.45, 7) is 3.79. The molecule has 2 aromatic carbocycles. The lowest BCUT2D eigenvalue weighted by Crippen LogP contribution is -2.39. The highest BCUT2D eigenvalue weighted by atomic mass is 31.1. The molecule has 0 heterocycles. The van der Waals surface area contributed by atoms with E-state index in [0.717, 1.165) is 12.1 Å². The van der Waals surface area contributed by atoms with E-state index in [0.29, 0.717) is 11.1 Å². The maximum absolute atomic E-state index is 12.9. The van der Waals surface area contributed by atoms with Crippen molar-refractivity contribution < 1.29 is 9.36 Å². The van der Waals surface area contributed by atoms with Gasteiger partial charge in [0.15, 0.2) is 13.6 Å². The minimum Gasteiger partial charge on any atom is -0.273 e. The van der Waals surface area contributed by atoms with Crippen LogP contribution >= 0.6 is 8.46 Å². The van der Waals surface area contributed by atoms with Crippen molar-refractivity contribution in [2.75, 3.05) is 0 Å². The Balaban J connectivity index is 2.55. The molecule has 5 heteroatoms. The molecule has 0 atom stereocenters. The Morgan fingerprint density at radius 1 is 1.04 bits per heavy atom. The Kier molecular flexibility index (Phi) is 5.78. The van der Waals surface area contributed by atoms with Gasteiger partial charge < -0.3 is 0 Å². The maximum atomic E-state index is 12.9. The number of hydrogen-bond acceptors (Lipinski definition) is 3. The van der Waals surface area contributed by atoms with Crippen LogP contribution < -0.4 is 5.43 Å². The van der Waals surface area contributed by atoms with E-state index < -0.39 is 11.1 Å². The Morgan fingerprint density at radius 2 is 1.52 bits per heavy atom. The fourth-order valence-electron chi connectivity index (χ4n) is 2.24. The Bertz CT molecular complexity index is 660. The first-order valence-corrected chi connectivity index (χ1v) is 8.25. The highest BCUT2D eigenvalue weighted by Gasteiger charge is 2.43. The third-order valence-electron chi connectivity index (χ3n) is 3.71. The summed E-state index contributed by atoms with van der Waals surface area (Å²) < 4.78 is 12.2. The fourth-order valence-corrected chi connectivity index (χ4v) is 2.88. The van der Waals surface area contributed by atoms with E-state index in [1.807, 2.05) is 50.2 Å². The average molecular weight is 326 g/mol. The molecule has 23 heavy (non-hydrogen) atoms. The second-order valence-electron chi connectivity index (χ2n) is 5.18. The second-order valence-corrected chi connectivity index (χ2v) is 6.03. The van der Waals surface area contributed by atoms with Crippen LogP contribution in [0.2, 0.25) is 0 Å². The smallest absolute Gasteiger partial charge is 0.267 e. The van der Waals surface area contributed by atoms with Crippen molar-refractivity contribution in [1.29, 1.82) is 0 Å². The van der Waals surface area contributed by atoms with Crippen molar-refractivity contribution in [2.45, 2.75) is 25.4 Å². The summed E-state index contributed by atoms with van der Waals surface area (Å²) in [7, 11) is -0.307. The summed E-state index contributed by atoms with van der Waals surface area (Å²) in [6, 6.07) is 18.2. The molecule has 0 radical (unpaired) electrons. The van der Waals surface area contributed by atoms with Crippen molar-refractivity contribution >= 4 is 20.1 Å². The summed E-state index contributed by atoms with van der Waals surface area (Å²) in [5, 5.41) is 2.76. The van der Waals surface area contributed by atoms with Gasteiger partial charge in [0.05, 0.1) is 0 Å². The van der Waals surface area contributed by atoms with Gasteiger partial charge in [0, 0.05) is 5.71 Å². The number of carbonyl (C=O) groups is 1. The molecule has 4 nitrogen and oxygen atoms in total. The molecule has 0 aromatic heterocycles. The number of amides is 1. The van der Waals surface area contributed by atoms with Gasteiger partial charge in [-0.25, -0.2) is 5.43 Å². The largest absolute Gasteiger partial charge is 0.273 e. The zero-order valence-corrected chi connectivity index (χ0v) is 14.1. The highest BCUT2D eigenvalue weighted by Crippen LogP contribution is 2.42. The molecule has 2 rings (SSSR count). The van der Waals surface area contributed by atoms with E-state index >= 15 is 0 Å². The number of rotatable bonds is 6. The summed E-state index contributed by atoms with van der Waals surface area (Å²) in [6.07, 6.45) is 0.735. The molecule has 0 aliphatic heterocycles. The van der Waals surface area contributed by atoms with Crippen LogP contribution in [0, 0.1) is 0 Å². The number of hydrazone groups is 1. The van der Waals surface area contributed by atoms with Crippen LogP contribution in [0.1, 0.15) is 31.4 Å². The van der Waals surface area contributed by atoms with E-state index in [2.05, 4.69) is 10.5 Å². The third-order valence-corrected chi connectivity index (χ3v) is 4.70. The SMILES string of the molecule is CCC(C)=NNC(=O)C(P=O)(c1ccccc1)c1ccccc1. The normalized spacial score (nSPS) is 12.2. The highest BCUT2D eigenvalue weighted by molar-refractivity contribution is 7.27. The van der Waals surface area contributed by atoms with Gasteiger partial charge in [-0.2, -0.15) is 5.10 Å². The molecule has 0 aliphatic carbocycles. The predicted molar refractivity (Wildman–Crippen MR) is 92.8 cm³/mol. The van der Waals surface area contributed by atoms with Gasteiger partial charge in [-0.1, -0.05) is 67.6 Å². The second kappa shape index (κ2) is 7.80. The molecule has 2 aromatic rings. The Hall–Kier alpha value is -2.32. The van der Waals surface area contributed by atoms with Crippen LogP contribution in [-0.2, 0) is 14.5 Å². The molecule has 118 valence electrons. The molecular weight excluding hydrogens is 307 g/mol. The standard InChI is InChI=1S/C18H19N2O2P/c1-3-14(2)19-20-17(21)18(23-22,15-10-6-4-7-11-15)16-12-8-5-9-13-16/h4-13H,3H2,1-2H3,(H,20,21). The zero-order valence-electron chi connectivity index (χ0n) is 13.2. The number of benzene rings is 2. The lowest BCUT2D eigenvalue weighted by atomic mass is 9.89. The molecule has 1 amide bonds. The number of nitrogens with zero attached hydrogens (tertiary/aromatic N) is 1. The van der Waals surface area contributed by atoms with Crippen LogP contribution in [0.25, 0.3) is 0 Å². The van der Waals surface area contributed by atoms with E-state index in [1.165, 1.54) is 0 Å². The average Bonchev–Trinajstić information content (AvgIpc) is 2.62. The van der Waals surface area contributed by atoms with Crippen LogP contribution in [0.3, 0.4) is 0 Å². The molecule has 0 spiro atoms. The first-order valence-electron chi connectivity index (χ1n) is 7.44. The molecular formula is C18H19N2O2P. The van der Waals surface area contributed by atoms with Crippen LogP contribution in [0.15, 0.2) is 65.8 Å². The van der Waals surface area contributed by atoms with Gasteiger partial charge in [0.2, 0.25) is 0 Å². The van der Waals surface area contributed by atoms with Crippen molar-refractivity contribution in [3.63, 3.8) is 0 Å². The Morgan fingerprint density at radius 3 is 1.91 bits per heavy atom. The molecule has 0 unspecified atom stereocenters. The van der Waals surface area contributed by atoms with E-state index in [9.17, 15) is 9.36 Å². The van der Waals surface area contributed by atoms with E-state index in [4.69, 9.17) is 0 Å². The van der Waals surface area contributed by atoms with E-state index in [1.54, 1.807) is 24.3 Å². The first-order chi connectivity index (χ1) is 11.1. The maximum Gasteiger partial charge on any atom is 0.267 e. The van der Waals surface area contributed by atoms with Crippen molar-refractivity contribution in [2.24, 2.45) is 5.10 Å². The number of hydrogen-bond donors (Lipinski definition) is 1. The molecule has 1 N–H and O–H groups in total. The lowest BCUT2D eigenvalue weighted by Gasteiger charge is -2.26. The number of nitrogens with one attached hydrogen (secondary N) is 1. The third kappa shape index (κ3) is 3.54. The summed E-state index contributed by atoms with van der Waals surface area (Å²) in [5.41, 5.74) is 4.68. The Labute approximate surface area is 137 Å². The van der Waals surface area contributed by atoms with Gasteiger partial charge in [-0.05, 0) is 24.5 Å². The van der Waals surface area contributed by atoms with Crippen LogP contribution in [-0.4, -0.2) is 11.6 Å². The van der Waals surface area contributed by atoms with Gasteiger partial charge in [-0.15, -0.1) is 0 Å². The van der Waals surface area contributed by atoms with Gasteiger partial charge in [-0.3, -0.25) is 9.36 Å². The lowest BCUT2D eigenvalue weighted by molar-refractivity contribution is -0.122. The molecule has 0 saturated heterocycles. The molecule has 0 bridgehead atoms. The predicted octanol–water partition coefficient (Wildman–Crippen LogP) is 4.12. The number of carbonyl (C=O) groups excluding carboxylic acids is 1. The monoisotopic (exact) mass is 326 g/mol. The van der Waals surface area contributed by atoms with Gasteiger partial charge in [0.25, 0.3) is 5.91 Å². The van der Waals surface area contributed by atoms with Crippen molar-refractivity contribution in [1.82, 2.24) is 5.43 Å². The summed E-state index contributed by atoms with van der Waals surface area (Å²) in [4.78, 5) is 12.9. The topological polar surface area (TPSA) is 58.5 Å². The molecule has 0 aliphatic rings. The van der Waals surface area contributed by atoms with Crippen LogP contribution in [0.5, 0.6) is 0 Å². The first kappa shape index (κ1) is 17.0. The minimum atomic E-state index is -1.32. The van der Waals surface area contributed by atoms with Gasteiger partial charge >= 0.3 is 0 Å². The summed E-state index contributed by atoms with van der Waals surface area (Å²) in [5.74, 6) is -0.417. The van der Waals surface area contributed by atoms with Crippen LogP contribution in [0.4, 0.5) is 0 Å². The minimum absolute atomic E-state index is 0.307. The van der Waals surface area contributed by atoms with Crippen molar-refractivity contribution in [3.8, 4) is 0 Å². The molecule has 0 fully saturated rings. The summed E-state index contributed by atoms with van der Waals surface area (Å²) >= 11 is 0. The van der Waals surface area contributed by atoms with E-state index in [-0.39, 0.29) is 8.46 Å². The quantitative estimate of drug-likeness (QED) is 0.493.